The highest BCUT2D eigenvalue weighted by Crippen LogP contribution is 2.24. The molecule has 1 aromatic heterocycles. The molecule has 1 aromatic carbocycles. The van der Waals surface area contributed by atoms with E-state index in [9.17, 15) is 4.79 Å². The van der Waals surface area contributed by atoms with Gasteiger partial charge in [-0.3, -0.25) is 4.79 Å². The number of nitrogens with zero attached hydrogens (tertiary/aromatic N) is 3. The van der Waals surface area contributed by atoms with Crippen molar-refractivity contribution < 1.29 is 4.79 Å². The molecule has 20 heavy (non-hydrogen) atoms. The van der Waals surface area contributed by atoms with Crippen molar-refractivity contribution in [3.8, 4) is 5.69 Å². The Bertz CT molecular complexity index is 604. The minimum atomic E-state index is -0.573. The number of amides is 1. The number of nitrogens with one attached hydrogen (secondary N) is 1. The summed E-state index contributed by atoms with van der Waals surface area (Å²) in [4.78, 5) is 15.9. The molecule has 2 aromatic rings. The number of hydrogen-bond donors (Lipinski definition) is 2. The van der Waals surface area contributed by atoms with Crippen LogP contribution in [-0.4, -0.2) is 26.2 Å². The normalized spacial score (nSPS) is 11.4. The summed E-state index contributed by atoms with van der Waals surface area (Å²) in [5, 5.41) is 7.37. The summed E-state index contributed by atoms with van der Waals surface area (Å²) in [6.45, 7) is 3.59. The van der Waals surface area contributed by atoms with Gasteiger partial charge in [-0.05, 0) is 32.0 Å². The van der Waals surface area contributed by atoms with Crippen LogP contribution in [0.15, 0.2) is 30.9 Å². The van der Waals surface area contributed by atoms with Gasteiger partial charge in [-0.2, -0.15) is 5.10 Å². The molecule has 0 spiro atoms. The lowest BCUT2D eigenvalue weighted by molar-refractivity contribution is -0.117. The van der Waals surface area contributed by atoms with Gasteiger partial charge in [-0.25, -0.2) is 9.67 Å². The maximum atomic E-state index is 12.0. The van der Waals surface area contributed by atoms with Crippen molar-refractivity contribution in [2.24, 2.45) is 5.73 Å². The lowest BCUT2D eigenvalue weighted by Crippen LogP contribution is -2.36. The topological polar surface area (TPSA) is 85.8 Å². The summed E-state index contributed by atoms with van der Waals surface area (Å²) in [6, 6.07) is 5.15. The van der Waals surface area contributed by atoms with E-state index in [-0.39, 0.29) is 12.3 Å². The maximum Gasteiger partial charge on any atom is 0.226 e. The third kappa shape index (κ3) is 3.79. The highest BCUT2D eigenvalue weighted by Gasteiger charge is 2.18. The van der Waals surface area contributed by atoms with Crippen LogP contribution in [0.3, 0.4) is 0 Å². The quantitative estimate of drug-likeness (QED) is 0.902. The van der Waals surface area contributed by atoms with E-state index >= 15 is 0 Å². The fourth-order valence-electron chi connectivity index (χ4n) is 1.75. The number of hydrogen-bond acceptors (Lipinski definition) is 4. The van der Waals surface area contributed by atoms with Crippen molar-refractivity contribution in [3.05, 3.63) is 35.9 Å². The van der Waals surface area contributed by atoms with Crippen LogP contribution in [0, 0.1) is 0 Å². The molecule has 1 amide bonds. The SMILES string of the molecule is CC(C)(N)CC(=O)Nc1cc(Cl)ccc1-n1cncn1. The summed E-state index contributed by atoms with van der Waals surface area (Å²) in [5.41, 5.74) is 6.52. The van der Waals surface area contributed by atoms with Gasteiger partial charge in [-0.15, -0.1) is 0 Å². The standard InChI is InChI=1S/C13H16ClN5O/c1-13(2,15)6-12(20)18-10-5-9(14)3-4-11(10)19-8-16-7-17-19/h3-5,7-8H,6,15H2,1-2H3,(H,18,20). The predicted octanol–water partition coefficient (Wildman–Crippen LogP) is 1.99. The number of anilines is 1. The zero-order valence-electron chi connectivity index (χ0n) is 11.3. The second-order valence-electron chi connectivity index (χ2n) is 5.22. The second-order valence-corrected chi connectivity index (χ2v) is 5.65. The first-order valence-corrected chi connectivity index (χ1v) is 6.46. The Morgan fingerprint density at radius 2 is 2.25 bits per heavy atom. The van der Waals surface area contributed by atoms with Gasteiger partial charge in [0.2, 0.25) is 5.91 Å². The molecule has 6 nitrogen and oxygen atoms in total. The predicted molar refractivity (Wildman–Crippen MR) is 77.9 cm³/mol. The number of nitrogens with two attached hydrogens (primary N) is 1. The molecule has 0 aliphatic heterocycles. The Hall–Kier alpha value is -1.92. The van der Waals surface area contributed by atoms with Crippen LogP contribution in [0.25, 0.3) is 5.69 Å². The van der Waals surface area contributed by atoms with Gasteiger partial charge >= 0.3 is 0 Å². The van der Waals surface area contributed by atoms with E-state index in [1.54, 1.807) is 43.1 Å². The van der Waals surface area contributed by atoms with Crippen molar-refractivity contribution >= 4 is 23.2 Å². The minimum absolute atomic E-state index is 0.180. The summed E-state index contributed by atoms with van der Waals surface area (Å²) in [6.07, 6.45) is 3.17. The molecule has 7 heteroatoms. The van der Waals surface area contributed by atoms with E-state index in [1.165, 1.54) is 6.33 Å². The van der Waals surface area contributed by atoms with E-state index < -0.39 is 5.54 Å². The molecule has 0 radical (unpaired) electrons. The average molecular weight is 294 g/mol. The van der Waals surface area contributed by atoms with Crippen LogP contribution in [0.5, 0.6) is 0 Å². The van der Waals surface area contributed by atoms with Crippen LogP contribution in [0.2, 0.25) is 5.02 Å². The molecule has 0 atom stereocenters. The summed E-state index contributed by atoms with van der Waals surface area (Å²) in [5.74, 6) is -0.180. The minimum Gasteiger partial charge on any atom is -0.325 e. The Kier molecular flexibility index (Phi) is 4.06. The molecule has 106 valence electrons. The molecule has 0 aliphatic rings. The van der Waals surface area contributed by atoms with Crippen molar-refractivity contribution in [3.63, 3.8) is 0 Å². The van der Waals surface area contributed by atoms with Gasteiger partial charge in [0.25, 0.3) is 0 Å². The van der Waals surface area contributed by atoms with E-state index in [1.807, 2.05) is 0 Å². The molecule has 0 fully saturated rings. The first-order chi connectivity index (χ1) is 9.35. The fourth-order valence-corrected chi connectivity index (χ4v) is 1.92. The Labute approximate surface area is 121 Å². The molecular weight excluding hydrogens is 278 g/mol. The van der Waals surface area contributed by atoms with Crippen molar-refractivity contribution in [1.29, 1.82) is 0 Å². The molecular formula is C13H16ClN5O. The average Bonchev–Trinajstić information content (AvgIpc) is 2.79. The molecule has 0 saturated heterocycles. The van der Waals surface area contributed by atoms with Crippen molar-refractivity contribution in [2.45, 2.75) is 25.8 Å². The first-order valence-electron chi connectivity index (χ1n) is 6.08. The van der Waals surface area contributed by atoms with E-state index in [4.69, 9.17) is 17.3 Å². The van der Waals surface area contributed by atoms with Gasteiger partial charge in [0.15, 0.2) is 0 Å². The second kappa shape index (κ2) is 5.60. The van der Waals surface area contributed by atoms with Gasteiger partial charge in [-0.1, -0.05) is 11.6 Å². The van der Waals surface area contributed by atoms with E-state index in [0.29, 0.717) is 16.4 Å². The number of rotatable bonds is 4. The van der Waals surface area contributed by atoms with Crippen LogP contribution in [-0.2, 0) is 4.79 Å². The van der Waals surface area contributed by atoms with Gasteiger partial charge in [0.1, 0.15) is 12.7 Å². The van der Waals surface area contributed by atoms with Gasteiger partial charge in [0, 0.05) is 17.0 Å². The van der Waals surface area contributed by atoms with E-state index in [2.05, 4.69) is 15.4 Å². The van der Waals surface area contributed by atoms with Crippen LogP contribution in [0.4, 0.5) is 5.69 Å². The molecule has 3 N–H and O–H groups in total. The number of aromatic nitrogens is 3. The Morgan fingerprint density at radius 1 is 1.50 bits per heavy atom. The molecule has 0 bridgehead atoms. The van der Waals surface area contributed by atoms with Crippen LogP contribution < -0.4 is 11.1 Å². The van der Waals surface area contributed by atoms with E-state index in [0.717, 1.165) is 0 Å². The zero-order valence-corrected chi connectivity index (χ0v) is 12.1. The summed E-state index contributed by atoms with van der Waals surface area (Å²) in [7, 11) is 0. The Balaban J connectivity index is 2.27. The first kappa shape index (κ1) is 14.5. The lowest BCUT2D eigenvalue weighted by Gasteiger charge is -2.18. The van der Waals surface area contributed by atoms with Crippen LogP contribution >= 0.6 is 11.6 Å². The molecule has 0 saturated carbocycles. The van der Waals surface area contributed by atoms with Crippen molar-refractivity contribution in [2.75, 3.05) is 5.32 Å². The third-order valence-corrected chi connectivity index (χ3v) is 2.75. The molecule has 2 rings (SSSR count). The highest BCUT2D eigenvalue weighted by atomic mass is 35.5. The molecule has 0 aliphatic carbocycles. The summed E-state index contributed by atoms with van der Waals surface area (Å²) < 4.78 is 1.56. The number of benzene rings is 1. The maximum absolute atomic E-state index is 12.0. The smallest absolute Gasteiger partial charge is 0.226 e. The lowest BCUT2D eigenvalue weighted by atomic mass is 10.0. The Morgan fingerprint density at radius 3 is 2.85 bits per heavy atom. The molecule has 1 heterocycles. The number of carbonyl (C=O) groups excluding carboxylic acids is 1. The van der Waals surface area contributed by atoms with Crippen LogP contribution in [0.1, 0.15) is 20.3 Å². The monoisotopic (exact) mass is 293 g/mol. The van der Waals surface area contributed by atoms with Gasteiger partial charge < -0.3 is 11.1 Å². The fraction of sp³-hybridized carbons (Fsp3) is 0.308. The van der Waals surface area contributed by atoms with Crippen molar-refractivity contribution in [1.82, 2.24) is 14.8 Å². The molecule has 0 unspecified atom stereocenters. The third-order valence-electron chi connectivity index (χ3n) is 2.51. The number of carbonyl (C=O) groups is 1. The highest BCUT2D eigenvalue weighted by molar-refractivity contribution is 6.31. The van der Waals surface area contributed by atoms with Gasteiger partial charge in [0.05, 0.1) is 11.4 Å². The largest absolute Gasteiger partial charge is 0.325 e. The number of halogens is 1. The zero-order chi connectivity index (χ0) is 14.8. The summed E-state index contributed by atoms with van der Waals surface area (Å²) >= 11 is 5.97.